The number of nitrogens with one attached hydrogen (secondary N) is 1. The minimum absolute atomic E-state index is 0.184. The first-order valence-electron chi connectivity index (χ1n) is 6.09. The average molecular weight is 234 g/mol. The fourth-order valence-electron chi connectivity index (χ4n) is 2.47. The van der Waals surface area contributed by atoms with Gasteiger partial charge in [-0.25, -0.2) is 0 Å². The number of benzene rings is 1. The standard InChI is InChI=1S/C13H18N2O2/c1-9-6-7-12(13(8-9)15(16)17)14-11-5-3-4-10(11)2/h6-8,10-11,14H,3-5H2,1-2H3. The van der Waals surface area contributed by atoms with Gasteiger partial charge in [-0.05, 0) is 37.3 Å². The Morgan fingerprint density at radius 2 is 2.18 bits per heavy atom. The fraction of sp³-hybridized carbons (Fsp3) is 0.538. The summed E-state index contributed by atoms with van der Waals surface area (Å²) in [6.07, 6.45) is 3.52. The fourth-order valence-corrected chi connectivity index (χ4v) is 2.47. The van der Waals surface area contributed by atoms with Crippen molar-refractivity contribution >= 4 is 11.4 Å². The summed E-state index contributed by atoms with van der Waals surface area (Å²) in [4.78, 5) is 10.7. The van der Waals surface area contributed by atoms with E-state index < -0.39 is 0 Å². The molecule has 2 rings (SSSR count). The molecule has 0 bridgehead atoms. The maximum Gasteiger partial charge on any atom is 0.292 e. The maximum atomic E-state index is 11.0. The Morgan fingerprint density at radius 3 is 2.76 bits per heavy atom. The van der Waals surface area contributed by atoms with Gasteiger partial charge in [0.05, 0.1) is 4.92 Å². The van der Waals surface area contributed by atoms with Crippen LogP contribution in [0.3, 0.4) is 0 Å². The molecule has 0 amide bonds. The molecule has 1 aromatic rings. The first-order chi connectivity index (χ1) is 8.08. The SMILES string of the molecule is Cc1ccc(NC2CCCC2C)c([N+](=O)[O-])c1. The van der Waals surface area contributed by atoms with Gasteiger partial charge in [0.25, 0.3) is 5.69 Å². The maximum absolute atomic E-state index is 11.0. The molecule has 1 saturated carbocycles. The van der Waals surface area contributed by atoms with Gasteiger partial charge in [-0.1, -0.05) is 19.4 Å². The van der Waals surface area contributed by atoms with Crippen molar-refractivity contribution in [3.8, 4) is 0 Å². The molecule has 4 heteroatoms. The summed E-state index contributed by atoms with van der Waals surface area (Å²) in [5, 5.41) is 14.3. The van der Waals surface area contributed by atoms with Gasteiger partial charge in [-0.2, -0.15) is 0 Å². The van der Waals surface area contributed by atoms with Crippen LogP contribution in [-0.2, 0) is 0 Å². The molecule has 1 N–H and O–H groups in total. The Balaban J connectivity index is 2.22. The predicted octanol–water partition coefficient (Wildman–Crippen LogP) is 3.50. The molecule has 0 spiro atoms. The third kappa shape index (κ3) is 2.57. The largest absolute Gasteiger partial charge is 0.376 e. The van der Waals surface area contributed by atoms with Gasteiger partial charge in [0.15, 0.2) is 0 Å². The van der Waals surface area contributed by atoms with E-state index in [0.29, 0.717) is 17.6 Å². The first-order valence-corrected chi connectivity index (χ1v) is 6.09. The second-order valence-electron chi connectivity index (χ2n) is 4.94. The summed E-state index contributed by atoms with van der Waals surface area (Å²) in [6.45, 7) is 4.07. The topological polar surface area (TPSA) is 55.2 Å². The molecular weight excluding hydrogens is 216 g/mol. The Labute approximate surface area is 101 Å². The minimum Gasteiger partial charge on any atom is -0.376 e. The molecule has 4 nitrogen and oxygen atoms in total. The van der Waals surface area contributed by atoms with Gasteiger partial charge < -0.3 is 5.32 Å². The number of aryl methyl sites for hydroxylation is 1. The molecule has 0 aromatic heterocycles. The predicted molar refractivity (Wildman–Crippen MR) is 68.3 cm³/mol. The molecule has 2 unspecified atom stereocenters. The van der Waals surface area contributed by atoms with Crippen molar-refractivity contribution in [1.29, 1.82) is 0 Å². The summed E-state index contributed by atoms with van der Waals surface area (Å²) in [5.41, 5.74) is 1.75. The smallest absolute Gasteiger partial charge is 0.292 e. The van der Waals surface area contributed by atoms with Gasteiger partial charge in [0.2, 0.25) is 0 Å². The highest BCUT2D eigenvalue weighted by Gasteiger charge is 2.25. The summed E-state index contributed by atoms with van der Waals surface area (Å²) < 4.78 is 0. The van der Waals surface area contributed by atoms with Gasteiger partial charge >= 0.3 is 0 Å². The zero-order valence-corrected chi connectivity index (χ0v) is 10.3. The lowest BCUT2D eigenvalue weighted by atomic mass is 10.1. The summed E-state index contributed by atoms with van der Waals surface area (Å²) in [6, 6.07) is 5.73. The average Bonchev–Trinajstić information content (AvgIpc) is 2.67. The lowest BCUT2D eigenvalue weighted by Gasteiger charge is -2.18. The third-order valence-corrected chi connectivity index (χ3v) is 3.55. The number of nitro benzene ring substituents is 1. The summed E-state index contributed by atoms with van der Waals surface area (Å²) in [7, 11) is 0. The van der Waals surface area contributed by atoms with E-state index in [1.807, 2.05) is 19.1 Å². The number of rotatable bonds is 3. The van der Waals surface area contributed by atoms with Crippen LogP contribution in [0.15, 0.2) is 18.2 Å². The van der Waals surface area contributed by atoms with E-state index in [9.17, 15) is 10.1 Å². The molecule has 1 aliphatic carbocycles. The van der Waals surface area contributed by atoms with E-state index in [0.717, 1.165) is 12.0 Å². The Hall–Kier alpha value is -1.58. The van der Waals surface area contributed by atoms with Crippen molar-refractivity contribution in [3.63, 3.8) is 0 Å². The van der Waals surface area contributed by atoms with Crippen molar-refractivity contribution in [2.24, 2.45) is 5.92 Å². The molecular formula is C13H18N2O2. The molecule has 1 aliphatic rings. The van der Waals surface area contributed by atoms with Gasteiger partial charge in [0, 0.05) is 12.1 Å². The monoisotopic (exact) mass is 234 g/mol. The van der Waals surface area contributed by atoms with Gasteiger partial charge in [0.1, 0.15) is 5.69 Å². The van der Waals surface area contributed by atoms with Crippen LogP contribution in [-0.4, -0.2) is 11.0 Å². The lowest BCUT2D eigenvalue weighted by molar-refractivity contribution is -0.384. The molecule has 0 aliphatic heterocycles. The number of nitro groups is 1. The van der Waals surface area contributed by atoms with Crippen LogP contribution in [0, 0.1) is 23.0 Å². The van der Waals surface area contributed by atoms with E-state index in [1.54, 1.807) is 6.07 Å². The normalized spacial score (nSPS) is 23.6. The van der Waals surface area contributed by atoms with Crippen molar-refractivity contribution in [1.82, 2.24) is 0 Å². The van der Waals surface area contributed by atoms with Gasteiger partial charge in [-0.3, -0.25) is 10.1 Å². The van der Waals surface area contributed by atoms with Crippen LogP contribution >= 0.6 is 0 Å². The van der Waals surface area contributed by atoms with E-state index in [2.05, 4.69) is 12.2 Å². The molecule has 1 aromatic carbocycles. The van der Waals surface area contributed by atoms with Crippen LogP contribution in [0.4, 0.5) is 11.4 Å². The Kier molecular flexibility index (Phi) is 3.31. The molecule has 2 atom stereocenters. The second-order valence-corrected chi connectivity index (χ2v) is 4.94. The van der Waals surface area contributed by atoms with Gasteiger partial charge in [-0.15, -0.1) is 0 Å². The van der Waals surface area contributed by atoms with Crippen LogP contribution in [0.25, 0.3) is 0 Å². The van der Waals surface area contributed by atoms with E-state index >= 15 is 0 Å². The van der Waals surface area contributed by atoms with E-state index in [-0.39, 0.29) is 10.6 Å². The van der Waals surface area contributed by atoms with E-state index in [1.165, 1.54) is 12.8 Å². The quantitative estimate of drug-likeness (QED) is 0.643. The number of hydrogen-bond donors (Lipinski definition) is 1. The molecule has 1 fully saturated rings. The minimum atomic E-state index is -0.311. The molecule has 17 heavy (non-hydrogen) atoms. The first kappa shape index (κ1) is 11.9. The Morgan fingerprint density at radius 1 is 1.41 bits per heavy atom. The summed E-state index contributed by atoms with van der Waals surface area (Å²) in [5.74, 6) is 0.593. The van der Waals surface area contributed by atoms with Crippen molar-refractivity contribution in [3.05, 3.63) is 33.9 Å². The number of hydrogen-bond acceptors (Lipinski definition) is 3. The number of anilines is 1. The second kappa shape index (κ2) is 4.73. The van der Waals surface area contributed by atoms with E-state index in [4.69, 9.17) is 0 Å². The van der Waals surface area contributed by atoms with Crippen molar-refractivity contribution < 1.29 is 4.92 Å². The molecule has 92 valence electrons. The van der Waals surface area contributed by atoms with Crippen LogP contribution in [0.1, 0.15) is 31.7 Å². The van der Waals surface area contributed by atoms with Crippen LogP contribution in [0.2, 0.25) is 0 Å². The zero-order valence-electron chi connectivity index (χ0n) is 10.3. The highest BCUT2D eigenvalue weighted by molar-refractivity contribution is 5.63. The van der Waals surface area contributed by atoms with Crippen LogP contribution in [0.5, 0.6) is 0 Å². The van der Waals surface area contributed by atoms with Crippen molar-refractivity contribution in [2.45, 2.75) is 39.2 Å². The van der Waals surface area contributed by atoms with Crippen LogP contribution < -0.4 is 5.32 Å². The third-order valence-electron chi connectivity index (χ3n) is 3.55. The molecule has 0 radical (unpaired) electrons. The Bertz CT molecular complexity index is 431. The zero-order chi connectivity index (χ0) is 12.4. The highest BCUT2D eigenvalue weighted by atomic mass is 16.6. The summed E-state index contributed by atoms with van der Waals surface area (Å²) >= 11 is 0. The number of nitrogens with zero attached hydrogens (tertiary/aromatic N) is 1. The highest BCUT2D eigenvalue weighted by Crippen LogP contribution is 2.32. The molecule has 0 heterocycles. The molecule has 0 saturated heterocycles. The van der Waals surface area contributed by atoms with Crippen molar-refractivity contribution in [2.75, 3.05) is 5.32 Å². The lowest BCUT2D eigenvalue weighted by Crippen LogP contribution is -2.22.